The SMILES string of the molecule is O=CCC(O)C(O)C(O)COP(=O)(O)O.[Na]. The van der Waals surface area contributed by atoms with Crippen molar-refractivity contribution in [1.82, 2.24) is 0 Å². The fourth-order valence-electron chi connectivity index (χ4n) is 0.766. The van der Waals surface area contributed by atoms with Gasteiger partial charge in [-0.3, -0.25) is 4.52 Å². The molecule has 0 aromatic rings. The van der Waals surface area contributed by atoms with Gasteiger partial charge in [-0.05, 0) is 0 Å². The number of hydrogen-bond acceptors (Lipinski definition) is 6. The van der Waals surface area contributed by atoms with Crippen LogP contribution in [0.1, 0.15) is 6.42 Å². The molecule has 0 saturated heterocycles. The molecule has 0 aromatic heterocycles. The normalized spacial score (nSPS) is 17.1. The summed E-state index contributed by atoms with van der Waals surface area (Å²) in [5.41, 5.74) is 0. The number of carbonyl (C=O) groups is 1. The van der Waals surface area contributed by atoms with E-state index in [2.05, 4.69) is 4.52 Å². The summed E-state index contributed by atoms with van der Waals surface area (Å²) in [7, 11) is -4.73. The van der Waals surface area contributed by atoms with E-state index in [0.29, 0.717) is 6.29 Å². The molecule has 1 radical (unpaired) electrons. The first-order valence-corrected chi connectivity index (χ1v) is 5.49. The van der Waals surface area contributed by atoms with Crippen LogP contribution in [0.25, 0.3) is 0 Å². The molecule has 0 bridgehead atoms. The van der Waals surface area contributed by atoms with Gasteiger partial charge in [-0.1, -0.05) is 0 Å². The van der Waals surface area contributed by atoms with E-state index in [1.54, 1.807) is 0 Å². The molecule has 3 unspecified atom stereocenters. The van der Waals surface area contributed by atoms with Crippen LogP contribution in [0, 0.1) is 0 Å². The van der Waals surface area contributed by atoms with Crippen molar-refractivity contribution in [2.75, 3.05) is 6.61 Å². The van der Waals surface area contributed by atoms with Gasteiger partial charge in [0.15, 0.2) is 0 Å². The van der Waals surface area contributed by atoms with E-state index in [-0.39, 0.29) is 29.6 Å². The zero-order valence-corrected chi connectivity index (χ0v) is 11.5. The Morgan fingerprint density at radius 3 is 2.06 bits per heavy atom. The Morgan fingerprint density at radius 1 is 1.19 bits per heavy atom. The molecule has 0 aliphatic rings. The Kier molecular flexibility index (Phi) is 10.3. The molecular weight excluding hydrogens is 254 g/mol. The molecule has 10 heteroatoms. The van der Waals surface area contributed by atoms with Crippen molar-refractivity contribution < 1.29 is 39.0 Å². The predicted octanol–water partition coefficient (Wildman–Crippen LogP) is -2.61. The van der Waals surface area contributed by atoms with Crippen LogP contribution in [0.2, 0.25) is 0 Å². The maximum absolute atomic E-state index is 10.2. The Hall–Kier alpha value is 0.660. The zero-order chi connectivity index (χ0) is 12.1. The first-order chi connectivity index (χ1) is 6.78. The number of phosphoric ester groups is 1. The molecular formula is C6H13NaO8P. The van der Waals surface area contributed by atoms with E-state index in [9.17, 15) is 9.36 Å². The Morgan fingerprint density at radius 2 is 1.69 bits per heavy atom. The predicted molar refractivity (Wildman–Crippen MR) is 52.5 cm³/mol. The average Bonchev–Trinajstić information content (AvgIpc) is 2.12. The minimum atomic E-state index is -4.73. The molecule has 0 spiro atoms. The first-order valence-electron chi connectivity index (χ1n) is 3.96. The van der Waals surface area contributed by atoms with E-state index in [1.165, 1.54) is 0 Å². The van der Waals surface area contributed by atoms with Crippen molar-refractivity contribution in [3.05, 3.63) is 0 Å². The van der Waals surface area contributed by atoms with Crippen molar-refractivity contribution in [3.8, 4) is 0 Å². The van der Waals surface area contributed by atoms with E-state index in [4.69, 9.17) is 25.1 Å². The summed E-state index contributed by atoms with van der Waals surface area (Å²) in [6, 6.07) is 0. The van der Waals surface area contributed by atoms with Gasteiger partial charge >= 0.3 is 7.82 Å². The van der Waals surface area contributed by atoms with Gasteiger partial charge in [0.2, 0.25) is 0 Å². The van der Waals surface area contributed by atoms with Crippen LogP contribution in [0.5, 0.6) is 0 Å². The largest absolute Gasteiger partial charge is 0.469 e. The van der Waals surface area contributed by atoms with Crippen molar-refractivity contribution in [1.29, 1.82) is 0 Å². The molecule has 0 aliphatic heterocycles. The van der Waals surface area contributed by atoms with Crippen LogP contribution < -0.4 is 0 Å². The molecule has 5 N–H and O–H groups in total. The molecule has 0 heterocycles. The Balaban J connectivity index is 0. The second-order valence-corrected chi connectivity index (χ2v) is 4.05. The topological polar surface area (TPSA) is 145 Å². The quantitative estimate of drug-likeness (QED) is 0.191. The number of aliphatic hydroxyl groups excluding tert-OH is 3. The van der Waals surface area contributed by atoms with E-state index in [0.717, 1.165) is 0 Å². The Bertz CT molecular complexity index is 243. The molecule has 0 rings (SSSR count). The van der Waals surface area contributed by atoms with Gasteiger partial charge in [0.05, 0.1) is 12.7 Å². The van der Waals surface area contributed by atoms with Crippen LogP contribution >= 0.6 is 7.82 Å². The summed E-state index contributed by atoms with van der Waals surface area (Å²) in [5, 5.41) is 27.2. The van der Waals surface area contributed by atoms with Crippen molar-refractivity contribution in [2.24, 2.45) is 0 Å². The van der Waals surface area contributed by atoms with Crippen molar-refractivity contribution in [2.45, 2.75) is 24.7 Å². The van der Waals surface area contributed by atoms with Gasteiger partial charge in [0.1, 0.15) is 18.5 Å². The first kappa shape index (κ1) is 19.0. The van der Waals surface area contributed by atoms with Gasteiger partial charge in [-0.15, -0.1) is 0 Å². The van der Waals surface area contributed by atoms with Gasteiger partial charge in [0.25, 0.3) is 0 Å². The van der Waals surface area contributed by atoms with Gasteiger partial charge in [-0.25, -0.2) is 4.57 Å². The fourth-order valence-corrected chi connectivity index (χ4v) is 1.11. The summed E-state index contributed by atoms with van der Waals surface area (Å²) in [6.07, 6.45) is -4.95. The van der Waals surface area contributed by atoms with Crippen molar-refractivity contribution >= 4 is 43.7 Å². The third-order valence-electron chi connectivity index (χ3n) is 1.54. The average molecular weight is 267 g/mol. The number of aliphatic hydroxyl groups is 3. The third-order valence-corrected chi connectivity index (χ3v) is 2.03. The fraction of sp³-hybridized carbons (Fsp3) is 0.833. The number of aldehydes is 1. The second-order valence-electron chi connectivity index (χ2n) is 2.81. The molecule has 3 atom stereocenters. The second kappa shape index (κ2) is 8.71. The van der Waals surface area contributed by atoms with Gasteiger partial charge < -0.3 is 29.9 Å². The van der Waals surface area contributed by atoms with E-state index in [1.807, 2.05) is 0 Å². The van der Waals surface area contributed by atoms with Crippen LogP contribution in [-0.4, -0.2) is 85.9 Å². The molecule has 91 valence electrons. The van der Waals surface area contributed by atoms with Gasteiger partial charge in [0, 0.05) is 36.0 Å². The summed E-state index contributed by atoms with van der Waals surface area (Å²) in [6.45, 7) is -0.846. The molecule has 0 saturated carbocycles. The zero-order valence-electron chi connectivity index (χ0n) is 8.63. The van der Waals surface area contributed by atoms with Crippen LogP contribution in [-0.2, 0) is 13.9 Å². The molecule has 8 nitrogen and oxygen atoms in total. The van der Waals surface area contributed by atoms with Crippen molar-refractivity contribution in [3.63, 3.8) is 0 Å². The van der Waals surface area contributed by atoms with E-state index < -0.39 is 39.2 Å². The smallest absolute Gasteiger partial charge is 0.390 e. The minimum absolute atomic E-state index is 0. The number of rotatable bonds is 7. The summed E-state index contributed by atoms with van der Waals surface area (Å²) < 4.78 is 14.1. The van der Waals surface area contributed by atoms with E-state index >= 15 is 0 Å². The number of phosphoric acid groups is 1. The number of carbonyl (C=O) groups excluding carboxylic acids is 1. The summed E-state index contributed by atoms with van der Waals surface area (Å²) in [4.78, 5) is 26.5. The van der Waals surface area contributed by atoms with Crippen LogP contribution in [0.15, 0.2) is 0 Å². The Labute approximate surface area is 114 Å². The van der Waals surface area contributed by atoms with Crippen LogP contribution in [0.4, 0.5) is 0 Å². The monoisotopic (exact) mass is 267 g/mol. The van der Waals surface area contributed by atoms with Gasteiger partial charge in [-0.2, -0.15) is 0 Å². The molecule has 0 aliphatic carbocycles. The molecule has 0 aromatic carbocycles. The summed E-state index contributed by atoms with van der Waals surface area (Å²) >= 11 is 0. The standard InChI is InChI=1S/C6H13O8P.Na/c7-2-1-4(8)6(10)5(9)3-14-15(11,12)13;/h2,4-6,8-10H,1,3H2,(H2,11,12,13);. The molecule has 0 amide bonds. The maximum Gasteiger partial charge on any atom is 0.469 e. The molecule has 0 fully saturated rings. The summed E-state index contributed by atoms with van der Waals surface area (Å²) in [5.74, 6) is 0. The maximum atomic E-state index is 10.2. The third kappa shape index (κ3) is 8.77. The molecule has 16 heavy (non-hydrogen) atoms. The number of hydrogen-bond donors (Lipinski definition) is 5. The minimum Gasteiger partial charge on any atom is -0.390 e. The van der Waals surface area contributed by atoms with Crippen LogP contribution in [0.3, 0.4) is 0 Å².